The lowest BCUT2D eigenvalue weighted by Gasteiger charge is -2.26. The van der Waals surface area contributed by atoms with Crippen molar-refractivity contribution in [3.8, 4) is 27.8 Å². The Balaban J connectivity index is 1.30. The highest BCUT2D eigenvalue weighted by atomic mass is 32.1. The van der Waals surface area contributed by atoms with Crippen LogP contribution < -0.4 is 19.5 Å². The maximum atomic E-state index is 13.9. The number of aromatic nitrogens is 1. The molecule has 0 saturated carbocycles. The number of rotatable bonds is 4. The Morgan fingerprint density at radius 3 is 3.04 bits per heavy atom. The molecule has 27 heavy (non-hydrogen) atoms. The minimum absolute atomic E-state index is 0.0557. The van der Waals surface area contributed by atoms with Crippen LogP contribution in [0, 0.1) is 5.82 Å². The third kappa shape index (κ3) is 3.13. The van der Waals surface area contributed by atoms with Gasteiger partial charge in [0.1, 0.15) is 5.01 Å². The van der Waals surface area contributed by atoms with Crippen molar-refractivity contribution in [2.75, 3.05) is 13.4 Å². The summed E-state index contributed by atoms with van der Waals surface area (Å²) in [7, 11) is 0. The molecule has 0 aliphatic carbocycles. The molecule has 7 heteroatoms. The fourth-order valence-electron chi connectivity index (χ4n) is 3.38. The van der Waals surface area contributed by atoms with Gasteiger partial charge in [-0.3, -0.25) is 0 Å². The Morgan fingerprint density at radius 2 is 2.07 bits per heavy atom. The number of nitrogens with one attached hydrogen (secondary N) is 1. The van der Waals surface area contributed by atoms with E-state index in [0.29, 0.717) is 18.9 Å². The summed E-state index contributed by atoms with van der Waals surface area (Å²) in [6, 6.07) is 11.0. The summed E-state index contributed by atoms with van der Waals surface area (Å²) in [4.78, 5) is 4.72. The van der Waals surface area contributed by atoms with Crippen molar-refractivity contribution in [3.05, 3.63) is 58.9 Å². The van der Waals surface area contributed by atoms with Crippen LogP contribution in [0.4, 0.5) is 4.39 Å². The van der Waals surface area contributed by atoms with E-state index in [1.807, 2.05) is 29.6 Å². The summed E-state index contributed by atoms with van der Waals surface area (Å²) < 4.78 is 30.2. The Labute approximate surface area is 159 Å². The minimum Gasteiger partial charge on any atom is -0.490 e. The average Bonchev–Trinajstić information content (AvgIpc) is 3.35. The molecule has 0 saturated heterocycles. The van der Waals surface area contributed by atoms with E-state index in [2.05, 4.69) is 5.32 Å². The van der Waals surface area contributed by atoms with Gasteiger partial charge in [0.2, 0.25) is 6.79 Å². The van der Waals surface area contributed by atoms with Gasteiger partial charge in [-0.1, -0.05) is 12.1 Å². The van der Waals surface area contributed by atoms with Gasteiger partial charge < -0.3 is 19.5 Å². The van der Waals surface area contributed by atoms with E-state index in [9.17, 15) is 4.39 Å². The van der Waals surface area contributed by atoms with Gasteiger partial charge in [-0.05, 0) is 24.3 Å². The highest BCUT2D eigenvalue weighted by Gasteiger charge is 2.24. The van der Waals surface area contributed by atoms with Crippen LogP contribution in [-0.4, -0.2) is 18.4 Å². The maximum Gasteiger partial charge on any atom is 0.231 e. The lowest BCUT2D eigenvalue weighted by Crippen LogP contribution is -2.27. The van der Waals surface area contributed by atoms with Gasteiger partial charge in [0.05, 0.1) is 12.3 Å². The number of fused-ring (bicyclic) bond motifs is 2. The number of hydrogen-bond acceptors (Lipinski definition) is 6. The molecule has 0 fully saturated rings. The predicted molar refractivity (Wildman–Crippen MR) is 99.8 cm³/mol. The molecule has 3 aromatic rings. The fraction of sp³-hybridized carbons (Fsp3) is 0.250. The monoisotopic (exact) mass is 384 g/mol. The standard InChI is InChI=1S/C20H17FN2O3S/c21-15-3-1-2-14-16(6-7-24-19(14)15)22-9-13-10-27-20(23-13)12-4-5-17-18(8-12)26-11-25-17/h1-5,8,10,16,22H,6-7,9,11H2/t16-/m0/s1. The van der Waals surface area contributed by atoms with Gasteiger partial charge >= 0.3 is 0 Å². The molecule has 5 rings (SSSR count). The molecule has 138 valence electrons. The molecular weight excluding hydrogens is 367 g/mol. The van der Waals surface area contributed by atoms with Gasteiger partial charge in [0.15, 0.2) is 23.1 Å². The molecule has 0 bridgehead atoms. The first-order valence-corrected chi connectivity index (χ1v) is 9.65. The van der Waals surface area contributed by atoms with Gasteiger partial charge in [0.25, 0.3) is 0 Å². The lowest BCUT2D eigenvalue weighted by molar-refractivity contribution is 0.174. The van der Waals surface area contributed by atoms with Gasteiger partial charge in [-0.15, -0.1) is 11.3 Å². The number of thiazole rings is 1. The first-order valence-electron chi connectivity index (χ1n) is 8.77. The maximum absolute atomic E-state index is 13.9. The quantitative estimate of drug-likeness (QED) is 0.727. The number of hydrogen-bond donors (Lipinski definition) is 1. The summed E-state index contributed by atoms with van der Waals surface area (Å²) in [5.41, 5.74) is 2.83. The molecule has 5 nitrogen and oxygen atoms in total. The molecule has 0 radical (unpaired) electrons. The van der Waals surface area contributed by atoms with E-state index in [0.717, 1.165) is 39.7 Å². The van der Waals surface area contributed by atoms with Crippen molar-refractivity contribution >= 4 is 11.3 Å². The molecule has 2 aliphatic heterocycles. The topological polar surface area (TPSA) is 52.6 Å². The van der Waals surface area contributed by atoms with E-state index < -0.39 is 0 Å². The average molecular weight is 384 g/mol. The van der Waals surface area contributed by atoms with Crippen molar-refractivity contribution in [1.29, 1.82) is 0 Å². The first-order chi connectivity index (χ1) is 13.3. The van der Waals surface area contributed by atoms with Gasteiger partial charge in [-0.25, -0.2) is 9.37 Å². The minimum atomic E-state index is -0.308. The van der Waals surface area contributed by atoms with Crippen LogP contribution in [0.15, 0.2) is 41.8 Å². The summed E-state index contributed by atoms with van der Waals surface area (Å²) in [5, 5.41) is 6.45. The predicted octanol–water partition coefficient (Wildman–Crippen LogP) is 4.29. The molecule has 2 aliphatic rings. The SMILES string of the molecule is Fc1cccc2c1OCC[C@@H]2NCc1csc(-c2ccc3c(c2)OCO3)n1. The zero-order chi connectivity index (χ0) is 18.2. The highest BCUT2D eigenvalue weighted by Crippen LogP contribution is 2.37. The molecule has 1 aromatic heterocycles. The molecule has 0 spiro atoms. The summed E-state index contributed by atoms with van der Waals surface area (Å²) in [6.45, 7) is 1.38. The van der Waals surface area contributed by atoms with E-state index >= 15 is 0 Å². The molecule has 2 aromatic carbocycles. The van der Waals surface area contributed by atoms with E-state index in [-0.39, 0.29) is 18.7 Å². The number of para-hydroxylation sites is 1. The van der Waals surface area contributed by atoms with E-state index in [4.69, 9.17) is 19.2 Å². The van der Waals surface area contributed by atoms with Gasteiger partial charge in [0, 0.05) is 35.5 Å². The first kappa shape index (κ1) is 16.5. The van der Waals surface area contributed by atoms with E-state index in [1.165, 1.54) is 6.07 Å². The van der Waals surface area contributed by atoms with E-state index in [1.54, 1.807) is 17.4 Å². The van der Waals surface area contributed by atoms with Crippen molar-refractivity contribution in [1.82, 2.24) is 10.3 Å². The molecule has 0 amide bonds. The second-order valence-electron chi connectivity index (χ2n) is 6.44. The van der Waals surface area contributed by atoms with Crippen LogP contribution in [0.1, 0.15) is 23.7 Å². The highest BCUT2D eigenvalue weighted by molar-refractivity contribution is 7.13. The third-order valence-corrected chi connectivity index (χ3v) is 5.67. The molecule has 3 heterocycles. The van der Waals surface area contributed by atoms with Gasteiger partial charge in [-0.2, -0.15) is 0 Å². The third-order valence-electron chi connectivity index (χ3n) is 4.73. The molecular formula is C20H17FN2O3S. The van der Waals surface area contributed by atoms with Crippen LogP contribution in [0.3, 0.4) is 0 Å². The molecule has 1 atom stereocenters. The lowest BCUT2D eigenvalue weighted by atomic mass is 10.0. The fourth-order valence-corrected chi connectivity index (χ4v) is 4.19. The van der Waals surface area contributed by atoms with Crippen LogP contribution in [0.5, 0.6) is 17.2 Å². The number of nitrogens with zero attached hydrogens (tertiary/aromatic N) is 1. The molecule has 1 N–H and O–H groups in total. The Morgan fingerprint density at radius 1 is 1.15 bits per heavy atom. The van der Waals surface area contributed by atoms with Crippen molar-refractivity contribution in [3.63, 3.8) is 0 Å². The van der Waals surface area contributed by atoms with Crippen molar-refractivity contribution in [2.24, 2.45) is 0 Å². The Hall–Kier alpha value is -2.64. The van der Waals surface area contributed by atoms with Crippen LogP contribution >= 0.6 is 11.3 Å². The number of ether oxygens (including phenoxy) is 3. The Bertz CT molecular complexity index is 991. The van der Waals surface area contributed by atoms with Crippen molar-refractivity contribution in [2.45, 2.75) is 19.0 Å². The second kappa shape index (κ2) is 6.83. The van der Waals surface area contributed by atoms with Crippen molar-refractivity contribution < 1.29 is 18.6 Å². The summed E-state index contributed by atoms with van der Waals surface area (Å²) in [6.07, 6.45) is 0.801. The normalized spacial score (nSPS) is 17.4. The molecule has 0 unspecified atom stereocenters. The van der Waals surface area contributed by atoms with Crippen LogP contribution in [-0.2, 0) is 6.54 Å². The smallest absolute Gasteiger partial charge is 0.231 e. The Kier molecular flexibility index (Phi) is 4.18. The van der Waals surface area contributed by atoms with Crippen LogP contribution in [0.2, 0.25) is 0 Å². The number of benzene rings is 2. The largest absolute Gasteiger partial charge is 0.490 e. The zero-order valence-corrected chi connectivity index (χ0v) is 15.2. The second-order valence-corrected chi connectivity index (χ2v) is 7.30. The number of halogens is 1. The van der Waals surface area contributed by atoms with Crippen LogP contribution in [0.25, 0.3) is 10.6 Å². The zero-order valence-electron chi connectivity index (χ0n) is 14.4. The summed E-state index contributed by atoms with van der Waals surface area (Å²) in [5.74, 6) is 1.57. The summed E-state index contributed by atoms with van der Waals surface area (Å²) >= 11 is 1.59.